The summed E-state index contributed by atoms with van der Waals surface area (Å²) < 4.78 is 3.57. The molecule has 8 heteroatoms. The van der Waals surface area contributed by atoms with Gasteiger partial charge in [0, 0.05) is 24.7 Å². The van der Waals surface area contributed by atoms with Gasteiger partial charge in [0.2, 0.25) is 0 Å². The molecular weight excluding hydrogens is 318 g/mol. The van der Waals surface area contributed by atoms with Crippen molar-refractivity contribution in [3.63, 3.8) is 0 Å². The highest BCUT2D eigenvalue weighted by Gasteiger charge is 2.17. The van der Waals surface area contributed by atoms with Gasteiger partial charge in [0.05, 0.1) is 5.69 Å². The number of amides is 1. The predicted molar refractivity (Wildman–Crippen MR) is 91.8 cm³/mol. The molecule has 4 aromatic rings. The fraction of sp³-hybridized carbons (Fsp3) is 0.118. The van der Waals surface area contributed by atoms with Crippen LogP contribution in [-0.4, -0.2) is 34.8 Å². The maximum absolute atomic E-state index is 12.7. The van der Waals surface area contributed by atoms with Gasteiger partial charge in [-0.05, 0) is 26.0 Å². The minimum Gasteiger partial charge on any atom is -0.305 e. The summed E-state index contributed by atoms with van der Waals surface area (Å²) in [5.41, 5.74) is 1.86. The summed E-state index contributed by atoms with van der Waals surface area (Å²) >= 11 is 0. The van der Waals surface area contributed by atoms with Crippen molar-refractivity contribution in [3.8, 4) is 5.82 Å². The molecule has 4 aromatic heterocycles. The van der Waals surface area contributed by atoms with Crippen molar-refractivity contribution in [2.45, 2.75) is 13.8 Å². The number of hydrogen-bond donors (Lipinski definition) is 1. The van der Waals surface area contributed by atoms with Crippen molar-refractivity contribution < 1.29 is 4.79 Å². The van der Waals surface area contributed by atoms with Crippen LogP contribution in [0, 0.1) is 13.8 Å². The topological polar surface area (TPSA) is 90.0 Å². The molecule has 0 saturated carbocycles. The molecular formula is C17H15N7O. The number of carbonyl (C=O) groups is 1. The fourth-order valence-corrected chi connectivity index (χ4v) is 2.73. The van der Waals surface area contributed by atoms with Crippen LogP contribution in [-0.2, 0) is 0 Å². The Labute approximate surface area is 143 Å². The Hall–Kier alpha value is -3.55. The second-order valence-corrected chi connectivity index (χ2v) is 5.53. The normalized spacial score (nSPS) is 11.0. The zero-order valence-electron chi connectivity index (χ0n) is 13.7. The number of aromatic nitrogens is 6. The first-order valence-electron chi connectivity index (χ1n) is 7.71. The Bertz CT molecular complexity index is 1080. The van der Waals surface area contributed by atoms with Gasteiger partial charge in [0.15, 0.2) is 0 Å². The highest BCUT2D eigenvalue weighted by molar-refractivity contribution is 6.04. The molecule has 0 radical (unpaired) electrons. The molecule has 0 atom stereocenters. The molecule has 0 spiro atoms. The largest absolute Gasteiger partial charge is 0.305 e. The van der Waals surface area contributed by atoms with Gasteiger partial charge in [-0.3, -0.25) is 13.8 Å². The molecule has 0 unspecified atom stereocenters. The van der Waals surface area contributed by atoms with Crippen LogP contribution >= 0.6 is 0 Å². The van der Waals surface area contributed by atoms with Crippen LogP contribution in [0.2, 0.25) is 0 Å². The van der Waals surface area contributed by atoms with Crippen molar-refractivity contribution in [1.82, 2.24) is 28.9 Å². The van der Waals surface area contributed by atoms with Gasteiger partial charge in [-0.2, -0.15) is 0 Å². The molecule has 25 heavy (non-hydrogen) atoms. The first-order chi connectivity index (χ1) is 12.1. The highest BCUT2D eigenvalue weighted by Crippen LogP contribution is 2.15. The molecule has 8 nitrogen and oxygen atoms in total. The van der Waals surface area contributed by atoms with Crippen LogP contribution in [0.25, 0.3) is 11.5 Å². The van der Waals surface area contributed by atoms with Crippen molar-refractivity contribution in [2.24, 2.45) is 0 Å². The lowest BCUT2D eigenvalue weighted by atomic mass is 10.3. The summed E-state index contributed by atoms with van der Waals surface area (Å²) in [7, 11) is 0. The van der Waals surface area contributed by atoms with E-state index in [1.165, 1.54) is 6.33 Å². The van der Waals surface area contributed by atoms with Gasteiger partial charge < -0.3 is 5.32 Å². The van der Waals surface area contributed by atoms with Crippen molar-refractivity contribution >= 4 is 17.4 Å². The smallest absolute Gasteiger partial charge is 0.275 e. The lowest BCUT2D eigenvalue weighted by Crippen LogP contribution is -2.17. The van der Waals surface area contributed by atoms with Gasteiger partial charge in [0.25, 0.3) is 5.91 Å². The summed E-state index contributed by atoms with van der Waals surface area (Å²) in [6.45, 7) is 3.68. The van der Waals surface area contributed by atoms with Crippen LogP contribution in [0.15, 0.2) is 49.2 Å². The van der Waals surface area contributed by atoms with Crippen LogP contribution in [0.4, 0.5) is 5.82 Å². The summed E-state index contributed by atoms with van der Waals surface area (Å²) in [5.74, 6) is 1.57. The van der Waals surface area contributed by atoms with Crippen LogP contribution < -0.4 is 5.32 Å². The molecule has 0 saturated heterocycles. The van der Waals surface area contributed by atoms with E-state index < -0.39 is 0 Å². The molecule has 4 heterocycles. The van der Waals surface area contributed by atoms with E-state index in [1.807, 2.05) is 42.8 Å². The number of pyridine rings is 1. The predicted octanol–water partition coefficient (Wildman–Crippen LogP) is 2.18. The van der Waals surface area contributed by atoms with E-state index in [0.29, 0.717) is 23.0 Å². The fourth-order valence-electron chi connectivity index (χ4n) is 2.73. The lowest BCUT2D eigenvalue weighted by Gasteiger charge is -2.08. The number of rotatable bonds is 3. The van der Waals surface area contributed by atoms with Gasteiger partial charge in [-0.15, -0.1) is 0 Å². The highest BCUT2D eigenvalue weighted by atomic mass is 16.2. The van der Waals surface area contributed by atoms with E-state index in [-0.39, 0.29) is 5.91 Å². The first kappa shape index (κ1) is 15.0. The molecule has 0 fully saturated rings. The Morgan fingerprint density at radius 2 is 2.00 bits per heavy atom. The third-order valence-electron chi connectivity index (χ3n) is 3.89. The summed E-state index contributed by atoms with van der Waals surface area (Å²) in [6, 6.07) is 7.29. The Kier molecular flexibility index (Phi) is 3.50. The summed E-state index contributed by atoms with van der Waals surface area (Å²) in [6.07, 6.45) is 6.71. The van der Waals surface area contributed by atoms with Crippen molar-refractivity contribution in [3.05, 3.63) is 66.4 Å². The number of hydrogen-bond acceptors (Lipinski definition) is 5. The molecule has 0 aliphatic carbocycles. The number of aryl methyl sites for hydroxylation is 2. The van der Waals surface area contributed by atoms with Gasteiger partial charge >= 0.3 is 0 Å². The maximum Gasteiger partial charge on any atom is 0.275 e. The summed E-state index contributed by atoms with van der Waals surface area (Å²) in [4.78, 5) is 29.7. The Balaban J connectivity index is 1.67. The van der Waals surface area contributed by atoms with Gasteiger partial charge in [-0.25, -0.2) is 19.9 Å². The van der Waals surface area contributed by atoms with E-state index >= 15 is 0 Å². The standard InChI is InChI=1S/C17H15N7O/c1-11-16(24-7-4-3-5-14(24)21-11)17(25)22-13-9-15(20-10-19-13)23-8-6-18-12(23)2/h3-10H,1-2H3,(H,19,20,22,25). The molecule has 0 bridgehead atoms. The zero-order valence-corrected chi connectivity index (χ0v) is 13.7. The second-order valence-electron chi connectivity index (χ2n) is 5.53. The third-order valence-corrected chi connectivity index (χ3v) is 3.89. The molecule has 0 aromatic carbocycles. The number of fused-ring (bicyclic) bond motifs is 1. The lowest BCUT2D eigenvalue weighted by molar-refractivity contribution is 0.102. The number of nitrogens with one attached hydrogen (secondary N) is 1. The number of carbonyl (C=O) groups excluding carboxylic acids is 1. The first-order valence-corrected chi connectivity index (χ1v) is 7.71. The Morgan fingerprint density at radius 3 is 2.80 bits per heavy atom. The average molecular weight is 333 g/mol. The SMILES string of the molecule is Cc1nc2ccccn2c1C(=O)Nc1cc(-n2ccnc2C)ncn1. The number of nitrogens with zero attached hydrogens (tertiary/aromatic N) is 6. The molecule has 1 amide bonds. The Morgan fingerprint density at radius 1 is 1.12 bits per heavy atom. The van der Waals surface area contributed by atoms with Crippen LogP contribution in [0.1, 0.15) is 22.0 Å². The monoisotopic (exact) mass is 333 g/mol. The number of anilines is 1. The molecule has 0 aliphatic rings. The average Bonchev–Trinajstić information content (AvgIpc) is 3.17. The van der Waals surface area contributed by atoms with Gasteiger partial charge in [0.1, 0.15) is 35.1 Å². The van der Waals surface area contributed by atoms with E-state index in [1.54, 1.807) is 22.9 Å². The van der Waals surface area contributed by atoms with E-state index in [2.05, 4.69) is 25.3 Å². The quantitative estimate of drug-likeness (QED) is 0.620. The molecule has 1 N–H and O–H groups in total. The van der Waals surface area contributed by atoms with E-state index in [4.69, 9.17) is 0 Å². The zero-order chi connectivity index (χ0) is 17.4. The van der Waals surface area contributed by atoms with Crippen molar-refractivity contribution in [2.75, 3.05) is 5.32 Å². The maximum atomic E-state index is 12.7. The van der Waals surface area contributed by atoms with Crippen LogP contribution in [0.3, 0.4) is 0 Å². The molecule has 0 aliphatic heterocycles. The molecule has 4 rings (SSSR count). The van der Waals surface area contributed by atoms with E-state index in [9.17, 15) is 4.79 Å². The second kappa shape index (κ2) is 5.82. The minimum atomic E-state index is -0.275. The number of imidazole rings is 2. The summed E-state index contributed by atoms with van der Waals surface area (Å²) in [5, 5.41) is 2.81. The van der Waals surface area contributed by atoms with E-state index in [0.717, 1.165) is 11.5 Å². The third kappa shape index (κ3) is 2.63. The van der Waals surface area contributed by atoms with Gasteiger partial charge in [-0.1, -0.05) is 6.07 Å². The minimum absolute atomic E-state index is 0.275. The molecule has 124 valence electrons. The van der Waals surface area contributed by atoms with Crippen LogP contribution in [0.5, 0.6) is 0 Å². The van der Waals surface area contributed by atoms with Crippen molar-refractivity contribution in [1.29, 1.82) is 0 Å².